The van der Waals surface area contributed by atoms with Crippen LogP contribution in [0.3, 0.4) is 0 Å². The van der Waals surface area contributed by atoms with Crippen molar-refractivity contribution in [3.63, 3.8) is 0 Å². The average molecular weight is 380 g/mol. The molecule has 0 bridgehead atoms. The smallest absolute Gasteiger partial charge is 0.225 e. The van der Waals surface area contributed by atoms with Gasteiger partial charge in [0.15, 0.2) is 0 Å². The summed E-state index contributed by atoms with van der Waals surface area (Å²) in [7, 11) is 0. The summed E-state index contributed by atoms with van der Waals surface area (Å²) >= 11 is 0. The molecule has 1 N–H and O–H groups in total. The highest BCUT2D eigenvalue weighted by atomic mass is 16.5. The van der Waals surface area contributed by atoms with Gasteiger partial charge in [0, 0.05) is 50.6 Å². The second kappa shape index (κ2) is 7.43. The Morgan fingerprint density at radius 2 is 1.75 bits per heavy atom. The summed E-state index contributed by atoms with van der Waals surface area (Å²) < 4.78 is 5.66. The Labute approximate surface area is 166 Å². The first-order valence-electron chi connectivity index (χ1n) is 10.4. The molecular weight excluding hydrogens is 352 g/mol. The van der Waals surface area contributed by atoms with Crippen LogP contribution in [0, 0.1) is 0 Å². The molecule has 0 unspecified atom stereocenters. The Hall–Kier alpha value is -2.02. The molecule has 1 aliphatic carbocycles. The molecule has 6 heteroatoms. The van der Waals surface area contributed by atoms with Crippen LogP contribution in [-0.4, -0.2) is 65.5 Å². The molecule has 1 spiro atoms. The van der Waals surface area contributed by atoms with Gasteiger partial charge in [-0.05, 0) is 36.5 Å². The van der Waals surface area contributed by atoms with Gasteiger partial charge in [-0.15, -0.1) is 0 Å². The van der Waals surface area contributed by atoms with Gasteiger partial charge in [-0.2, -0.15) is 0 Å². The minimum Gasteiger partial charge on any atom is -0.390 e. The van der Waals surface area contributed by atoms with Crippen LogP contribution in [0.1, 0.15) is 36.4 Å². The van der Waals surface area contributed by atoms with Gasteiger partial charge in [0.05, 0.1) is 18.8 Å². The summed E-state index contributed by atoms with van der Waals surface area (Å²) in [5.74, 6) is 0.791. The zero-order valence-electron chi connectivity index (χ0n) is 16.2. The van der Waals surface area contributed by atoms with Crippen LogP contribution >= 0.6 is 0 Å². The van der Waals surface area contributed by atoms with Crippen molar-refractivity contribution in [3.05, 3.63) is 53.9 Å². The molecule has 1 aromatic carbocycles. The van der Waals surface area contributed by atoms with E-state index >= 15 is 0 Å². The largest absolute Gasteiger partial charge is 0.390 e. The molecule has 0 saturated carbocycles. The number of hydrogen-bond acceptors (Lipinski definition) is 6. The molecule has 28 heavy (non-hydrogen) atoms. The monoisotopic (exact) mass is 380 g/mol. The van der Waals surface area contributed by atoms with Gasteiger partial charge in [-0.25, -0.2) is 9.97 Å². The summed E-state index contributed by atoms with van der Waals surface area (Å²) in [6.45, 7) is 5.17. The molecule has 0 amide bonds. The Morgan fingerprint density at radius 1 is 0.964 bits per heavy atom. The van der Waals surface area contributed by atoms with Gasteiger partial charge in [0.1, 0.15) is 0 Å². The topological polar surface area (TPSA) is 61.7 Å². The fraction of sp³-hybridized carbons (Fsp3) is 0.545. The van der Waals surface area contributed by atoms with E-state index in [1.807, 2.05) is 6.07 Å². The number of aliphatic hydroxyl groups excluding tert-OH is 1. The highest BCUT2D eigenvalue weighted by Gasteiger charge is 2.54. The number of aromatic nitrogens is 2. The van der Waals surface area contributed by atoms with Crippen molar-refractivity contribution in [2.75, 3.05) is 44.3 Å². The van der Waals surface area contributed by atoms with E-state index in [9.17, 15) is 5.11 Å². The highest BCUT2D eigenvalue weighted by molar-refractivity contribution is 5.47. The molecule has 2 saturated heterocycles. The quantitative estimate of drug-likeness (QED) is 0.862. The zero-order valence-corrected chi connectivity index (χ0v) is 16.2. The molecule has 3 aliphatic rings. The molecule has 1 aromatic heterocycles. The number of anilines is 1. The van der Waals surface area contributed by atoms with Gasteiger partial charge in [-0.1, -0.05) is 24.3 Å². The van der Waals surface area contributed by atoms with Gasteiger partial charge in [0.25, 0.3) is 0 Å². The van der Waals surface area contributed by atoms with Crippen LogP contribution in [0.2, 0.25) is 0 Å². The summed E-state index contributed by atoms with van der Waals surface area (Å²) in [6.07, 6.45) is 6.07. The van der Waals surface area contributed by atoms with Crippen LogP contribution < -0.4 is 4.90 Å². The predicted molar refractivity (Wildman–Crippen MR) is 107 cm³/mol. The minimum absolute atomic E-state index is 0.0671. The van der Waals surface area contributed by atoms with E-state index in [1.54, 1.807) is 12.4 Å². The van der Waals surface area contributed by atoms with Crippen molar-refractivity contribution < 1.29 is 9.84 Å². The number of nitrogens with zero attached hydrogens (tertiary/aromatic N) is 4. The van der Waals surface area contributed by atoms with E-state index in [2.05, 4.69) is 44.0 Å². The van der Waals surface area contributed by atoms with Crippen molar-refractivity contribution in [3.8, 4) is 0 Å². The molecule has 148 valence electrons. The summed E-state index contributed by atoms with van der Waals surface area (Å²) in [5, 5.41) is 11.7. The van der Waals surface area contributed by atoms with E-state index in [0.717, 1.165) is 64.6 Å². The Bertz CT molecular complexity index is 799. The lowest BCUT2D eigenvalue weighted by atomic mass is 9.72. The predicted octanol–water partition coefficient (Wildman–Crippen LogP) is 2.15. The van der Waals surface area contributed by atoms with Crippen LogP contribution in [0.15, 0.2) is 42.7 Å². The van der Waals surface area contributed by atoms with E-state index in [4.69, 9.17) is 4.74 Å². The maximum Gasteiger partial charge on any atom is 0.225 e. The van der Waals surface area contributed by atoms with Gasteiger partial charge in [0.2, 0.25) is 5.95 Å². The highest BCUT2D eigenvalue weighted by Crippen LogP contribution is 2.53. The standard InChI is InChI=1S/C22H28N4O2/c27-20-19(25-11-4-15-28-16-14-25)17-5-1-2-6-18(17)22(20)7-12-26(13-8-22)21-23-9-3-10-24-21/h1-3,5-6,9-10,19-20,27H,4,7-8,11-16H2/t19-,20+/m0/s1. The molecular formula is C22H28N4O2. The number of piperidine rings is 1. The molecule has 2 fully saturated rings. The molecule has 3 heterocycles. The number of rotatable bonds is 2. The molecule has 2 atom stereocenters. The van der Waals surface area contributed by atoms with Crippen LogP contribution in [-0.2, 0) is 10.2 Å². The maximum atomic E-state index is 11.7. The number of fused-ring (bicyclic) bond motifs is 2. The SMILES string of the molecule is O[C@@H]1[C@@H](N2CCCOCC2)c2ccccc2C12CCN(c1ncccn1)CC2. The number of hydrogen-bond donors (Lipinski definition) is 1. The zero-order chi connectivity index (χ0) is 19.0. The first-order valence-corrected chi connectivity index (χ1v) is 10.4. The summed E-state index contributed by atoms with van der Waals surface area (Å²) in [5.41, 5.74) is 2.47. The van der Waals surface area contributed by atoms with Gasteiger partial charge < -0.3 is 14.7 Å². The fourth-order valence-corrected chi connectivity index (χ4v) is 5.41. The molecule has 5 rings (SSSR count). The fourth-order valence-electron chi connectivity index (χ4n) is 5.41. The molecule has 6 nitrogen and oxygen atoms in total. The lowest BCUT2D eigenvalue weighted by Crippen LogP contribution is -2.50. The van der Waals surface area contributed by atoms with Crippen molar-refractivity contribution >= 4 is 5.95 Å². The first-order chi connectivity index (χ1) is 13.8. The van der Waals surface area contributed by atoms with Crippen molar-refractivity contribution in [1.29, 1.82) is 0 Å². The second-order valence-corrected chi connectivity index (χ2v) is 8.17. The lowest BCUT2D eigenvalue weighted by molar-refractivity contribution is -0.000445. The molecule has 0 radical (unpaired) electrons. The van der Waals surface area contributed by atoms with Gasteiger partial charge >= 0.3 is 0 Å². The Balaban J connectivity index is 1.44. The summed E-state index contributed by atoms with van der Waals surface area (Å²) in [4.78, 5) is 13.5. The third kappa shape index (κ3) is 2.91. The minimum atomic E-state index is -0.387. The Kier molecular flexibility index (Phi) is 4.78. The van der Waals surface area contributed by atoms with E-state index in [-0.39, 0.29) is 17.6 Å². The summed E-state index contributed by atoms with van der Waals surface area (Å²) in [6, 6.07) is 10.6. The molecule has 2 aromatic rings. The second-order valence-electron chi connectivity index (χ2n) is 8.17. The van der Waals surface area contributed by atoms with Crippen molar-refractivity contribution in [2.45, 2.75) is 36.8 Å². The van der Waals surface area contributed by atoms with E-state index in [1.165, 1.54) is 11.1 Å². The third-order valence-electron chi connectivity index (χ3n) is 6.82. The van der Waals surface area contributed by atoms with E-state index in [0.29, 0.717) is 0 Å². The first kappa shape index (κ1) is 18.0. The van der Waals surface area contributed by atoms with Crippen molar-refractivity contribution in [2.24, 2.45) is 0 Å². The Morgan fingerprint density at radius 3 is 2.57 bits per heavy atom. The van der Waals surface area contributed by atoms with Crippen molar-refractivity contribution in [1.82, 2.24) is 14.9 Å². The number of aliphatic hydroxyl groups is 1. The normalized spacial score (nSPS) is 27.5. The lowest BCUT2D eigenvalue weighted by Gasteiger charge is -2.43. The number of ether oxygens (including phenoxy) is 1. The van der Waals surface area contributed by atoms with Crippen LogP contribution in [0.25, 0.3) is 0 Å². The van der Waals surface area contributed by atoms with E-state index < -0.39 is 0 Å². The average Bonchev–Trinajstić information content (AvgIpc) is 2.93. The van der Waals surface area contributed by atoms with Gasteiger partial charge in [-0.3, -0.25) is 4.90 Å². The van der Waals surface area contributed by atoms with Crippen LogP contribution in [0.4, 0.5) is 5.95 Å². The van der Waals surface area contributed by atoms with Crippen LogP contribution in [0.5, 0.6) is 0 Å². The molecule has 2 aliphatic heterocycles. The maximum absolute atomic E-state index is 11.7. The third-order valence-corrected chi connectivity index (χ3v) is 6.82. The number of benzene rings is 1.